The molecule has 1 saturated heterocycles. The molecule has 2 heteroatoms. The molecule has 0 saturated carbocycles. The highest BCUT2D eigenvalue weighted by atomic mass is 15.1. The van der Waals surface area contributed by atoms with Gasteiger partial charge in [0, 0.05) is 19.5 Å². The first-order valence-corrected chi connectivity index (χ1v) is 6.01. The fourth-order valence-corrected chi connectivity index (χ4v) is 2.43. The molecule has 84 valence electrons. The van der Waals surface area contributed by atoms with Crippen molar-refractivity contribution in [2.75, 3.05) is 13.1 Å². The fourth-order valence-electron chi connectivity index (χ4n) is 2.43. The number of nitrogens with zero attached hydrogens (tertiary/aromatic N) is 2. The van der Waals surface area contributed by atoms with Gasteiger partial charge in [-0.15, -0.1) is 0 Å². The van der Waals surface area contributed by atoms with Gasteiger partial charge < -0.3 is 0 Å². The standard InChI is InChI=1S/C14H18N2/c15-9-8-14-7-4-10-16(12-14)11-13-5-2-1-3-6-13/h1-3,5-6,14H,4,7-8,10-12H2/t14-/m1/s1. The normalized spacial score (nSPS) is 21.6. The Kier molecular flexibility index (Phi) is 3.96. The summed E-state index contributed by atoms with van der Waals surface area (Å²) in [5.74, 6) is 0.586. The molecule has 1 aliphatic heterocycles. The van der Waals surface area contributed by atoms with E-state index in [1.807, 2.05) is 0 Å². The van der Waals surface area contributed by atoms with Crippen LogP contribution >= 0.6 is 0 Å². The minimum absolute atomic E-state index is 0.586. The lowest BCUT2D eigenvalue weighted by Gasteiger charge is -2.31. The Bertz CT molecular complexity index is 353. The van der Waals surface area contributed by atoms with Crippen LogP contribution in [0.1, 0.15) is 24.8 Å². The van der Waals surface area contributed by atoms with Crippen molar-refractivity contribution in [1.82, 2.24) is 4.90 Å². The monoisotopic (exact) mass is 214 g/mol. The number of nitriles is 1. The maximum absolute atomic E-state index is 8.73. The van der Waals surface area contributed by atoms with Crippen molar-refractivity contribution in [2.45, 2.75) is 25.8 Å². The SMILES string of the molecule is N#CC[C@H]1CCCN(Cc2ccccc2)C1. The first-order chi connectivity index (χ1) is 7.88. The van der Waals surface area contributed by atoms with Crippen molar-refractivity contribution in [3.05, 3.63) is 35.9 Å². The van der Waals surface area contributed by atoms with E-state index in [0.29, 0.717) is 12.3 Å². The van der Waals surface area contributed by atoms with Crippen LogP contribution in [0.3, 0.4) is 0 Å². The van der Waals surface area contributed by atoms with Crippen LogP contribution in [0.4, 0.5) is 0 Å². The average Bonchev–Trinajstić information content (AvgIpc) is 2.31. The fraction of sp³-hybridized carbons (Fsp3) is 0.500. The van der Waals surface area contributed by atoms with Crippen LogP contribution in [0.5, 0.6) is 0 Å². The highest BCUT2D eigenvalue weighted by Gasteiger charge is 2.19. The van der Waals surface area contributed by atoms with Gasteiger partial charge in [0.25, 0.3) is 0 Å². The predicted molar refractivity (Wildman–Crippen MR) is 64.7 cm³/mol. The lowest BCUT2D eigenvalue weighted by Crippen LogP contribution is -2.34. The number of hydrogen-bond acceptors (Lipinski definition) is 2. The zero-order chi connectivity index (χ0) is 11.2. The summed E-state index contributed by atoms with van der Waals surface area (Å²) in [5, 5.41) is 8.73. The second-order valence-corrected chi connectivity index (χ2v) is 4.59. The van der Waals surface area contributed by atoms with Gasteiger partial charge in [0.2, 0.25) is 0 Å². The minimum Gasteiger partial charge on any atom is -0.299 e. The Morgan fingerprint density at radius 2 is 2.12 bits per heavy atom. The molecule has 1 heterocycles. The van der Waals surface area contributed by atoms with Gasteiger partial charge in [-0.1, -0.05) is 30.3 Å². The van der Waals surface area contributed by atoms with E-state index in [1.165, 1.54) is 24.9 Å². The number of benzene rings is 1. The van der Waals surface area contributed by atoms with Crippen LogP contribution in [-0.2, 0) is 6.54 Å². The van der Waals surface area contributed by atoms with E-state index in [0.717, 1.165) is 13.1 Å². The number of piperidine rings is 1. The summed E-state index contributed by atoms with van der Waals surface area (Å²) in [4.78, 5) is 2.47. The summed E-state index contributed by atoms with van der Waals surface area (Å²) in [6.45, 7) is 3.29. The van der Waals surface area contributed by atoms with Gasteiger partial charge in [-0.05, 0) is 30.9 Å². The zero-order valence-corrected chi connectivity index (χ0v) is 9.60. The Hall–Kier alpha value is -1.33. The van der Waals surface area contributed by atoms with E-state index in [9.17, 15) is 0 Å². The molecule has 0 amide bonds. The lowest BCUT2D eigenvalue weighted by molar-refractivity contribution is 0.169. The van der Waals surface area contributed by atoms with Crippen molar-refractivity contribution >= 4 is 0 Å². The van der Waals surface area contributed by atoms with Gasteiger partial charge in [-0.2, -0.15) is 5.26 Å². The smallest absolute Gasteiger partial charge is 0.0625 e. The number of rotatable bonds is 3. The summed E-state index contributed by atoms with van der Waals surface area (Å²) in [5.41, 5.74) is 1.38. The molecule has 2 nitrogen and oxygen atoms in total. The van der Waals surface area contributed by atoms with Gasteiger partial charge in [0.1, 0.15) is 0 Å². The first-order valence-electron chi connectivity index (χ1n) is 6.01. The molecular formula is C14H18N2. The summed E-state index contributed by atoms with van der Waals surface area (Å²) in [6, 6.07) is 12.9. The highest BCUT2D eigenvalue weighted by Crippen LogP contribution is 2.20. The molecular weight excluding hydrogens is 196 g/mol. The molecule has 0 N–H and O–H groups in total. The number of likely N-dealkylation sites (tertiary alicyclic amines) is 1. The predicted octanol–water partition coefficient (Wildman–Crippen LogP) is 2.81. The van der Waals surface area contributed by atoms with Gasteiger partial charge in [0.15, 0.2) is 0 Å². The van der Waals surface area contributed by atoms with E-state index in [2.05, 4.69) is 41.3 Å². The van der Waals surface area contributed by atoms with Crippen molar-refractivity contribution in [3.63, 3.8) is 0 Å². The molecule has 1 aromatic rings. The molecule has 16 heavy (non-hydrogen) atoms. The van der Waals surface area contributed by atoms with Crippen molar-refractivity contribution in [1.29, 1.82) is 5.26 Å². The maximum Gasteiger partial charge on any atom is 0.0625 e. The molecule has 0 aromatic heterocycles. The minimum atomic E-state index is 0.586. The molecule has 2 rings (SSSR count). The Morgan fingerprint density at radius 3 is 2.88 bits per heavy atom. The molecule has 0 bridgehead atoms. The van der Waals surface area contributed by atoms with Crippen LogP contribution in [0, 0.1) is 17.2 Å². The zero-order valence-electron chi connectivity index (χ0n) is 9.60. The third-order valence-electron chi connectivity index (χ3n) is 3.23. The molecule has 0 aliphatic carbocycles. The second kappa shape index (κ2) is 5.67. The van der Waals surface area contributed by atoms with E-state index in [4.69, 9.17) is 5.26 Å². The molecule has 1 atom stereocenters. The van der Waals surface area contributed by atoms with Gasteiger partial charge in [0.05, 0.1) is 6.07 Å². The van der Waals surface area contributed by atoms with Gasteiger partial charge >= 0.3 is 0 Å². The van der Waals surface area contributed by atoms with Crippen molar-refractivity contribution < 1.29 is 0 Å². The van der Waals surface area contributed by atoms with Gasteiger partial charge in [-0.3, -0.25) is 4.90 Å². The van der Waals surface area contributed by atoms with Crippen molar-refractivity contribution in [2.24, 2.45) is 5.92 Å². The van der Waals surface area contributed by atoms with Crippen LogP contribution < -0.4 is 0 Å². The Morgan fingerprint density at radius 1 is 1.31 bits per heavy atom. The molecule has 0 unspecified atom stereocenters. The van der Waals surface area contributed by atoms with Crippen LogP contribution in [0.2, 0.25) is 0 Å². The van der Waals surface area contributed by atoms with E-state index >= 15 is 0 Å². The van der Waals surface area contributed by atoms with Crippen LogP contribution in [0.15, 0.2) is 30.3 Å². The quantitative estimate of drug-likeness (QED) is 0.773. The summed E-state index contributed by atoms with van der Waals surface area (Å²) >= 11 is 0. The Labute approximate surface area is 97.5 Å². The summed E-state index contributed by atoms with van der Waals surface area (Å²) in [6.07, 6.45) is 3.17. The third-order valence-corrected chi connectivity index (χ3v) is 3.23. The Balaban J connectivity index is 1.88. The molecule has 0 radical (unpaired) electrons. The topological polar surface area (TPSA) is 27.0 Å². The van der Waals surface area contributed by atoms with E-state index < -0.39 is 0 Å². The molecule has 0 spiro atoms. The van der Waals surface area contributed by atoms with E-state index in [1.54, 1.807) is 0 Å². The van der Waals surface area contributed by atoms with Crippen molar-refractivity contribution in [3.8, 4) is 6.07 Å². The summed E-state index contributed by atoms with van der Waals surface area (Å²) in [7, 11) is 0. The summed E-state index contributed by atoms with van der Waals surface area (Å²) < 4.78 is 0. The van der Waals surface area contributed by atoms with Crippen LogP contribution in [0.25, 0.3) is 0 Å². The maximum atomic E-state index is 8.73. The lowest BCUT2D eigenvalue weighted by atomic mass is 9.95. The first kappa shape index (κ1) is 11.2. The molecule has 1 aromatic carbocycles. The molecule has 1 fully saturated rings. The second-order valence-electron chi connectivity index (χ2n) is 4.59. The van der Waals surface area contributed by atoms with E-state index in [-0.39, 0.29) is 0 Å². The largest absolute Gasteiger partial charge is 0.299 e. The van der Waals surface area contributed by atoms with Gasteiger partial charge in [-0.25, -0.2) is 0 Å². The average molecular weight is 214 g/mol. The third kappa shape index (κ3) is 3.08. The highest BCUT2D eigenvalue weighted by molar-refractivity contribution is 5.14. The molecule has 1 aliphatic rings. The number of hydrogen-bond donors (Lipinski definition) is 0. The van der Waals surface area contributed by atoms with Crippen LogP contribution in [-0.4, -0.2) is 18.0 Å².